The first-order valence-electron chi connectivity index (χ1n) is 5.72. The summed E-state index contributed by atoms with van der Waals surface area (Å²) in [6.45, 7) is 4.05. The van der Waals surface area contributed by atoms with Crippen LogP contribution in [0, 0.1) is 0 Å². The van der Waals surface area contributed by atoms with E-state index < -0.39 is 0 Å². The SMILES string of the molecule is CCc1c(C=O)nnn1C(C)c1ccccc1. The fourth-order valence-corrected chi connectivity index (χ4v) is 1.94. The third-order valence-corrected chi connectivity index (χ3v) is 2.92. The molecule has 0 fully saturated rings. The molecule has 1 heterocycles. The lowest BCUT2D eigenvalue weighted by Crippen LogP contribution is -2.12. The van der Waals surface area contributed by atoms with Gasteiger partial charge in [0.05, 0.1) is 11.7 Å². The molecule has 1 unspecified atom stereocenters. The van der Waals surface area contributed by atoms with Crippen LogP contribution in [0.5, 0.6) is 0 Å². The van der Waals surface area contributed by atoms with Gasteiger partial charge in [-0.25, -0.2) is 4.68 Å². The molecule has 1 aromatic carbocycles. The van der Waals surface area contributed by atoms with E-state index in [-0.39, 0.29) is 6.04 Å². The van der Waals surface area contributed by atoms with Crippen molar-refractivity contribution in [3.05, 3.63) is 47.3 Å². The molecule has 4 heteroatoms. The van der Waals surface area contributed by atoms with Gasteiger partial charge in [0.2, 0.25) is 0 Å². The molecular weight excluding hydrogens is 214 g/mol. The minimum atomic E-state index is 0.0901. The lowest BCUT2D eigenvalue weighted by Gasteiger charge is -2.14. The summed E-state index contributed by atoms with van der Waals surface area (Å²) in [5.41, 5.74) is 2.48. The summed E-state index contributed by atoms with van der Waals surface area (Å²) in [5.74, 6) is 0. The quantitative estimate of drug-likeness (QED) is 0.755. The predicted octanol–water partition coefficient (Wildman–Crippen LogP) is 2.26. The Kier molecular flexibility index (Phi) is 3.32. The number of aromatic nitrogens is 3. The van der Waals surface area contributed by atoms with E-state index >= 15 is 0 Å². The van der Waals surface area contributed by atoms with Crippen LogP contribution in [0.3, 0.4) is 0 Å². The van der Waals surface area contributed by atoms with Crippen LogP contribution in [-0.2, 0) is 6.42 Å². The van der Waals surface area contributed by atoms with Crippen LogP contribution in [0.2, 0.25) is 0 Å². The first kappa shape index (κ1) is 11.5. The van der Waals surface area contributed by atoms with E-state index in [2.05, 4.69) is 17.2 Å². The van der Waals surface area contributed by atoms with Gasteiger partial charge in [-0.15, -0.1) is 5.10 Å². The normalized spacial score (nSPS) is 12.4. The Hall–Kier alpha value is -1.97. The third-order valence-electron chi connectivity index (χ3n) is 2.92. The minimum absolute atomic E-state index is 0.0901. The summed E-state index contributed by atoms with van der Waals surface area (Å²) in [4.78, 5) is 10.8. The molecule has 0 amide bonds. The summed E-state index contributed by atoms with van der Waals surface area (Å²) >= 11 is 0. The Morgan fingerprint density at radius 2 is 2.06 bits per heavy atom. The largest absolute Gasteiger partial charge is 0.296 e. The number of benzene rings is 1. The monoisotopic (exact) mass is 229 g/mol. The predicted molar refractivity (Wildman–Crippen MR) is 65.0 cm³/mol. The summed E-state index contributed by atoms with van der Waals surface area (Å²) in [5, 5.41) is 7.97. The number of rotatable bonds is 4. The molecule has 4 nitrogen and oxygen atoms in total. The second-order valence-corrected chi connectivity index (χ2v) is 3.92. The summed E-state index contributed by atoms with van der Waals surface area (Å²) in [6, 6.07) is 10.2. The summed E-state index contributed by atoms with van der Waals surface area (Å²) < 4.78 is 1.82. The highest BCUT2D eigenvalue weighted by atomic mass is 16.1. The molecule has 0 spiro atoms. The lowest BCUT2D eigenvalue weighted by atomic mass is 10.1. The van der Waals surface area contributed by atoms with Gasteiger partial charge in [-0.3, -0.25) is 4.79 Å². The van der Waals surface area contributed by atoms with E-state index in [1.807, 2.05) is 41.9 Å². The molecule has 17 heavy (non-hydrogen) atoms. The van der Waals surface area contributed by atoms with Crippen LogP contribution < -0.4 is 0 Å². The van der Waals surface area contributed by atoms with Crippen LogP contribution in [0.15, 0.2) is 30.3 Å². The zero-order valence-electron chi connectivity index (χ0n) is 10.00. The van der Waals surface area contributed by atoms with Gasteiger partial charge in [0, 0.05) is 0 Å². The second kappa shape index (κ2) is 4.91. The molecule has 0 aliphatic heterocycles. The minimum Gasteiger partial charge on any atom is -0.296 e. The Morgan fingerprint density at radius 1 is 1.35 bits per heavy atom. The van der Waals surface area contributed by atoms with Crippen molar-refractivity contribution in [1.82, 2.24) is 15.0 Å². The lowest BCUT2D eigenvalue weighted by molar-refractivity contribution is 0.111. The molecule has 1 aromatic heterocycles. The van der Waals surface area contributed by atoms with Gasteiger partial charge in [0.1, 0.15) is 5.69 Å². The average Bonchev–Trinajstić information content (AvgIpc) is 2.81. The molecule has 0 saturated carbocycles. The van der Waals surface area contributed by atoms with Gasteiger partial charge in [0.25, 0.3) is 0 Å². The Bertz CT molecular complexity index is 505. The molecule has 0 N–H and O–H groups in total. The van der Waals surface area contributed by atoms with Crippen molar-refractivity contribution in [3.8, 4) is 0 Å². The van der Waals surface area contributed by atoms with E-state index in [1.54, 1.807) is 0 Å². The summed E-state index contributed by atoms with van der Waals surface area (Å²) in [6.07, 6.45) is 1.51. The molecule has 88 valence electrons. The molecule has 0 radical (unpaired) electrons. The highest BCUT2D eigenvalue weighted by Gasteiger charge is 2.16. The smallest absolute Gasteiger partial charge is 0.172 e. The van der Waals surface area contributed by atoms with E-state index in [1.165, 1.54) is 0 Å². The Balaban J connectivity index is 2.40. The van der Waals surface area contributed by atoms with Crippen LogP contribution in [-0.4, -0.2) is 21.3 Å². The van der Waals surface area contributed by atoms with Crippen molar-refractivity contribution in [3.63, 3.8) is 0 Å². The van der Waals surface area contributed by atoms with E-state index in [9.17, 15) is 4.79 Å². The number of hydrogen-bond donors (Lipinski definition) is 0. The number of aldehydes is 1. The molecule has 0 aliphatic rings. The van der Waals surface area contributed by atoms with E-state index in [0.29, 0.717) is 5.69 Å². The standard InChI is InChI=1S/C13H15N3O/c1-3-13-12(9-17)14-15-16(13)10(2)11-7-5-4-6-8-11/h4-10H,3H2,1-2H3. The van der Waals surface area contributed by atoms with E-state index in [0.717, 1.165) is 24.0 Å². The highest BCUT2D eigenvalue weighted by Crippen LogP contribution is 2.19. The van der Waals surface area contributed by atoms with Crippen molar-refractivity contribution in [2.45, 2.75) is 26.3 Å². The van der Waals surface area contributed by atoms with Crippen LogP contribution in [0.25, 0.3) is 0 Å². The van der Waals surface area contributed by atoms with Crippen LogP contribution in [0.4, 0.5) is 0 Å². The number of hydrogen-bond acceptors (Lipinski definition) is 3. The fraction of sp³-hybridized carbons (Fsp3) is 0.308. The average molecular weight is 229 g/mol. The fourth-order valence-electron chi connectivity index (χ4n) is 1.94. The number of nitrogens with zero attached hydrogens (tertiary/aromatic N) is 3. The molecular formula is C13H15N3O. The maximum absolute atomic E-state index is 10.8. The summed E-state index contributed by atoms with van der Waals surface area (Å²) in [7, 11) is 0. The van der Waals surface area contributed by atoms with Crippen molar-refractivity contribution >= 4 is 6.29 Å². The van der Waals surface area contributed by atoms with Gasteiger partial charge in [-0.05, 0) is 18.9 Å². The van der Waals surface area contributed by atoms with Gasteiger partial charge < -0.3 is 0 Å². The Morgan fingerprint density at radius 3 is 2.65 bits per heavy atom. The Labute approximate surface area is 100 Å². The van der Waals surface area contributed by atoms with Gasteiger partial charge in [0.15, 0.2) is 6.29 Å². The molecule has 0 saturated heterocycles. The molecule has 0 aliphatic carbocycles. The van der Waals surface area contributed by atoms with Crippen molar-refractivity contribution in [1.29, 1.82) is 0 Å². The topological polar surface area (TPSA) is 47.8 Å². The van der Waals surface area contributed by atoms with E-state index in [4.69, 9.17) is 0 Å². The number of carbonyl (C=O) groups excluding carboxylic acids is 1. The zero-order valence-corrected chi connectivity index (χ0v) is 10.00. The molecule has 1 atom stereocenters. The van der Waals surface area contributed by atoms with Gasteiger partial charge in [-0.2, -0.15) is 0 Å². The van der Waals surface area contributed by atoms with Gasteiger partial charge >= 0.3 is 0 Å². The van der Waals surface area contributed by atoms with Gasteiger partial charge in [-0.1, -0.05) is 42.5 Å². The van der Waals surface area contributed by atoms with Crippen LogP contribution in [0.1, 0.15) is 41.6 Å². The highest BCUT2D eigenvalue weighted by molar-refractivity contribution is 5.73. The molecule has 0 bridgehead atoms. The second-order valence-electron chi connectivity index (χ2n) is 3.92. The maximum Gasteiger partial charge on any atom is 0.172 e. The molecule has 2 aromatic rings. The molecule has 2 rings (SSSR count). The third kappa shape index (κ3) is 2.11. The van der Waals surface area contributed by atoms with Crippen LogP contribution >= 0.6 is 0 Å². The first-order valence-corrected chi connectivity index (χ1v) is 5.72. The maximum atomic E-state index is 10.8. The number of carbonyl (C=O) groups is 1. The van der Waals surface area contributed by atoms with Crippen molar-refractivity contribution in [2.24, 2.45) is 0 Å². The van der Waals surface area contributed by atoms with Crippen molar-refractivity contribution in [2.75, 3.05) is 0 Å². The first-order chi connectivity index (χ1) is 8.27. The zero-order chi connectivity index (χ0) is 12.3. The van der Waals surface area contributed by atoms with Crippen molar-refractivity contribution < 1.29 is 4.79 Å².